The van der Waals surface area contributed by atoms with Gasteiger partial charge in [0, 0.05) is 0 Å². The first-order chi connectivity index (χ1) is 6.29. The third kappa shape index (κ3) is 1.49. The van der Waals surface area contributed by atoms with Crippen LogP contribution in [0.1, 0.15) is 12.0 Å². The molecular weight excluding hydrogens is 168 g/mol. The van der Waals surface area contributed by atoms with Gasteiger partial charge in [0.1, 0.15) is 11.5 Å². The Morgan fingerprint density at radius 3 is 3.00 bits per heavy atom. The summed E-state index contributed by atoms with van der Waals surface area (Å²) in [5.41, 5.74) is 1.04. The normalized spacial score (nSPS) is 14.7. The highest BCUT2D eigenvalue weighted by molar-refractivity contribution is 5.75. The lowest BCUT2D eigenvalue weighted by molar-refractivity contribution is -0.135. The molecule has 0 aliphatic carbocycles. The van der Waals surface area contributed by atoms with Crippen molar-refractivity contribution in [2.24, 2.45) is 0 Å². The number of carbonyl (C=O) groups is 1. The van der Waals surface area contributed by atoms with E-state index in [2.05, 4.69) is 0 Å². The van der Waals surface area contributed by atoms with Crippen molar-refractivity contribution >= 4 is 5.97 Å². The van der Waals surface area contributed by atoms with Crippen LogP contribution in [0.4, 0.5) is 0 Å². The second-order valence-corrected chi connectivity index (χ2v) is 2.95. The Balaban J connectivity index is 2.36. The molecule has 0 atom stereocenters. The van der Waals surface area contributed by atoms with Gasteiger partial charge in [-0.05, 0) is 30.2 Å². The molecule has 0 amide bonds. The maximum atomic E-state index is 10.9. The summed E-state index contributed by atoms with van der Waals surface area (Å²) in [5.74, 6) is 1.31. The Labute approximate surface area is 76.3 Å². The zero-order valence-corrected chi connectivity index (χ0v) is 7.37. The Morgan fingerprint density at radius 1 is 1.38 bits per heavy atom. The summed E-state index contributed by atoms with van der Waals surface area (Å²) in [6, 6.07) is 5.46. The van der Waals surface area contributed by atoms with Crippen LogP contribution in [0.25, 0.3) is 0 Å². The van der Waals surface area contributed by atoms with Crippen molar-refractivity contribution in [3.63, 3.8) is 0 Å². The lowest BCUT2D eigenvalue weighted by atomic mass is 10.1. The molecule has 2 rings (SSSR count). The Morgan fingerprint density at radius 2 is 2.23 bits per heavy atom. The Bertz CT molecular complexity index is 344. The standard InChI is InChI=1S/C10H10O3/c1-12-8-3-4-9-7(6-8)2-5-10(11)13-9/h3-4,6H,2,5H2,1H3. The maximum absolute atomic E-state index is 10.9. The van der Waals surface area contributed by atoms with Gasteiger partial charge in [0.2, 0.25) is 0 Å². The first kappa shape index (κ1) is 8.10. The van der Waals surface area contributed by atoms with Crippen molar-refractivity contribution in [3.05, 3.63) is 23.8 Å². The molecule has 13 heavy (non-hydrogen) atoms. The van der Waals surface area contributed by atoms with E-state index < -0.39 is 0 Å². The van der Waals surface area contributed by atoms with E-state index in [1.54, 1.807) is 19.2 Å². The van der Waals surface area contributed by atoms with Gasteiger partial charge in [-0.1, -0.05) is 0 Å². The molecule has 0 spiro atoms. The zero-order valence-electron chi connectivity index (χ0n) is 7.37. The van der Waals surface area contributed by atoms with E-state index >= 15 is 0 Å². The molecule has 0 saturated heterocycles. The first-order valence-corrected chi connectivity index (χ1v) is 4.17. The monoisotopic (exact) mass is 178 g/mol. The largest absolute Gasteiger partial charge is 0.497 e. The predicted molar refractivity (Wildman–Crippen MR) is 47.0 cm³/mol. The summed E-state index contributed by atoms with van der Waals surface area (Å²) >= 11 is 0. The maximum Gasteiger partial charge on any atom is 0.311 e. The van der Waals surface area contributed by atoms with Gasteiger partial charge in [-0.25, -0.2) is 0 Å². The van der Waals surface area contributed by atoms with Crippen molar-refractivity contribution in [1.82, 2.24) is 0 Å². The minimum absolute atomic E-state index is 0.155. The van der Waals surface area contributed by atoms with Crippen LogP contribution in [-0.2, 0) is 11.2 Å². The second-order valence-electron chi connectivity index (χ2n) is 2.95. The summed E-state index contributed by atoms with van der Waals surface area (Å²) in [5, 5.41) is 0. The van der Waals surface area contributed by atoms with E-state index in [1.165, 1.54) is 0 Å². The van der Waals surface area contributed by atoms with E-state index in [9.17, 15) is 4.79 Å². The highest BCUT2D eigenvalue weighted by Gasteiger charge is 2.16. The highest BCUT2D eigenvalue weighted by atomic mass is 16.5. The number of rotatable bonds is 1. The third-order valence-corrected chi connectivity index (χ3v) is 2.09. The number of ether oxygens (including phenoxy) is 2. The minimum atomic E-state index is -0.155. The predicted octanol–water partition coefficient (Wildman–Crippen LogP) is 1.55. The molecule has 1 heterocycles. The van der Waals surface area contributed by atoms with E-state index in [1.807, 2.05) is 6.07 Å². The van der Waals surface area contributed by atoms with Crippen LogP contribution in [-0.4, -0.2) is 13.1 Å². The van der Waals surface area contributed by atoms with Crippen molar-refractivity contribution < 1.29 is 14.3 Å². The fourth-order valence-electron chi connectivity index (χ4n) is 1.39. The van der Waals surface area contributed by atoms with Crippen LogP contribution in [0.5, 0.6) is 11.5 Å². The van der Waals surface area contributed by atoms with Crippen LogP contribution in [0.15, 0.2) is 18.2 Å². The molecular formula is C10H10O3. The first-order valence-electron chi connectivity index (χ1n) is 4.17. The van der Waals surface area contributed by atoms with Gasteiger partial charge >= 0.3 is 5.97 Å². The van der Waals surface area contributed by atoms with Crippen LogP contribution >= 0.6 is 0 Å². The molecule has 1 aliphatic rings. The number of esters is 1. The minimum Gasteiger partial charge on any atom is -0.497 e. The van der Waals surface area contributed by atoms with Crippen LogP contribution < -0.4 is 9.47 Å². The van der Waals surface area contributed by atoms with Gasteiger partial charge in [0.25, 0.3) is 0 Å². The molecule has 0 bridgehead atoms. The fraction of sp³-hybridized carbons (Fsp3) is 0.300. The van der Waals surface area contributed by atoms with Gasteiger partial charge in [0.05, 0.1) is 13.5 Å². The molecule has 3 nitrogen and oxygen atoms in total. The van der Waals surface area contributed by atoms with E-state index in [4.69, 9.17) is 9.47 Å². The zero-order chi connectivity index (χ0) is 9.26. The molecule has 1 aromatic rings. The topological polar surface area (TPSA) is 35.5 Å². The third-order valence-electron chi connectivity index (χ3n) is 2.09. The SMILES string of the molecule is COc1ccc2c(c1)CCC(=O)O2. The van der Waals surface area contributed by atoms with E-state index in [0.29, 0.717) is 12.2 Å². The van der Waals surface area contributed by atoms with Gasteiger partial charge in [0.15, 0.2) is 0 Å². The summed E-state index contributed by atoms with van der Waals surface area (Å²) in [6.45, 7) is 0. The molecule has 0 unspecified atom stereocenters. The van der Waals surface area contributed by atoms with Crippen LogP contribution in [0.2, 0.25) is 0 Å². The smallest absolute Gasteiger partial charge is 0.311 e. The molecule has 0 radical (unpaired) electrons. The average Bonchev–Trinajstić information content (AvgIpc) is 2.17. The summed E-state index contributed by atoms with van der Waals surface area (Å²) in [4.78, 5) is 10.9. The van der Waals surface area contributed by atoms with E-state index in [-0.39, 0.29) is 5.97 Å². The lowest BCUT2D eigenvalue weighted by Gasteiger charge is -2.15. The van der Waals surface area contributed by atoms with Gasteiger partial charge in [-0.15, -0.1) is 0 Å². The van der Waals surface area contributed by atoms with Crippen LogP contribution in [0, 0.1) is 0 Å². The number of hydrogen-bond acceptors (Lipinski definition) is 3. The molecule has 1 aromatic carbocycles. The molecule has 68 valence electrons. The Kier molecular flexibility index (Phi) is 1.93. The number of benzene rings is 1. The Hall–Kier alpha value is -1.51. The molecule has 0 aromatic heterocycles. The molecule has 0 fully saturated rings. The molecule has 3 heteroatoms. The second kappa shape index (κ2) is 3.09. The number of aryl methyl sites for hydroxylation is 1. The number of methoxy groups -OCH3 is 1. The van der Waals surface area contributed by atoms with Crippen molar-refractivity contribution in [2.45, 2.75) is 12.8 Å². The van der Waals surface area contributed by atoms with Crippen LogP contribution in [0.3, 0.4) is 0 Å². The lowest BCUT2D eigenvalue weighted by Crippen LogP contribution is -2.15. The summed E-state index contributed by atoms with van der Waals surface area (Å²) < 4.78 is 10.1. The molecule has 0 N–H and O–H groups in total. The van der Waals surface area contributed by atoms with E-state index in [0.717, 1.165) is 17.7 Å². The van der Waals surface area contributed by atoms with Crippen molar-refractivity contribution in [2.75, 3.05) is 7.11 Å². The quantitative estimate of drug-likeness (QED) is 0.483. The molecule has 0 saturated carbocycles. The highest BCUT2D eigenvalue weighted by Crippen LogP contribution is 2.28. The molecule has 1 aliphatic heterocycles. The van der Waals surface area contributed by atoms with Crippen molar-refractivity contribution in [3.8, 4) is 11.5 Å². The number of carbonyl (C=O) groups excluding carboxylic acids is 1. The van der Waals surface area contributed by atoms with Crippen molar-refractivity contribution in [1.29, 1.82) is 0 Å². The fourth-order valence-corrected chi connectivity index (χ4v) is 1.39. The van der Waals surface area contributed by atoms with Gasteiger partial charge < -0.3 is 9.47 Å². The number of hydrogen-bond donors (Lipinski definition) is 0. The van der Waals surface area contributed by atoms with Gasteiger partial charge in [-0.2, -0.15) is 0 Å². The van der Waals surface area contributed by atoms with Gasteiger partial charge in [-0.3, -0.25) is 4.79 Å². The average molecular weight is 178 g/mol. The number of fused-ring (bicyclic) bond motifs is 1. The summed E-state index contributed by atoms with van der Waals surface area (Å²) in [6.07, 6.45) is 1.20. The summed E-state index contributed by atoms with van der Waals surface area (Å²) in [7, 11) is 1.62.